The van der Waals surface area contributed by atoms with Crippen molar-refractivity contribution in [2.75, 3.05) is 6.54 Å². The van der Waals surface area contributed by atoms with Crippen molar-refractivity contribution in [3.63, 3.8) is 0 Å². The number of carbonyl (C=O) groups excluding carboxylic acids is 2. The van der Waals surface area contributed by atoms with Crippen LogP contribution in [-0.4, -0.2) is 40.4 Å². The van der Waals surface area contributed by atoms with E-state index in [1.165, 1.54) is 4.90 Å². The molecular formula is C16H18N2O4. The van der Waals surface area contributed by atoms with Gasteiger partial charge in [-0.05, 0) is 12.0 Å². The second-order valence-electron chi connectivity index (χ2n) is 5.51. The molecule has 0 spiro atoms. The lowest BCUT2D eigenvalue weighted by molar-refractivity contribution is -0.143. The van der Waals surface area contributed by atoms with Crippen LogP contribution in [0.5, 0.6) is 0 Å². The van der Waals surface area contributed by atoms with Gasteiger partial charge < -0.3 is 10.4 Å². The van der Waals surface area contributed by atoms with Gasteiger partial charge in [-0.2, -0.15) is 0 Å². The third kappa shape index (κ3) is 2.86. The third-order valence-corrected chi connectivity index (χ3v) is 3.59. The van der Waals surface area contributed by atoms with Crippen LogP contribution in [0, 0.1) is 5.92 Å². The van der Waals surface area contributed by atoms with Gasteiger partial charge in [0.15, 0.2) is 0 Å². The van der Waals surface area contributed by atoms with Crippen LogP contribution in [0.3, 0.4) is 0 Å². The van der Waals surface area contributed by atoms with E-state index in [0.717, 1.165) is 0 Å². The fraction of sp³-hybridized carbons (Fsp3) is 0.312. The van der Waals surface area contributed by atoms with E-state index in [-0.39, 0.29) is 18.4 Å². The van der Waals surface area contributed by atoms with Crippen molar-refractivity contribution in [2.45, 2.75) is 19.9 Å². The second-order valence-corrected chi connectivity index (χ2v) is 5.51. The molecule has 0 saturated carbocycles. The van der Waals surface area contributed by atoms with Crippen molar-refractivity contribution in [3.8, 4) is 0 Å². The molecule has 0 saturated heterocycles. The molecule has 6 nitrogen and oxygen atoms in total. The monoisotopic (exact) mass is 302 g/mol. The molecule has 116 valence electrons. The van der Waals surface area contributed by atoms with Gasteiger partial charge in [-0.25, -0.2) is 4.79 Å². The zero-order chi connectivity index (χ0) is 16.4. The number of amides is 2. The van der Waals surface area contributed by atoms with Gasteiger partial charge >= 0.3 is 5.97 Å². The summed E-state index contributed by atoms with van der Waals surface area (Å²) in [6.45, 7) is 7.00. The molecule has 1 atom stereocenters. The number of carbonyl (C=O) groups is 3. The number of hydrogen-bond donors (Lipinski definition) is 2. The molecule has 1 aliphatic heterocycles. The van der Waals surface area contributed by atoms with E-state index in [2.05, 4.69) is 11.9 Å². The zero-order valence-electron chi connectivity index (χ0n) is 12.5. The molecule has 1 aromatic carbocycles. The molecule has 6 heteroatoms. The molecular weight excluding hydrogens is 284 g/mol. The number of aliphatic carboxylic acids is 1. The van der Waals surface area contributed by atoms with Crippen molar-refractivity contribution in [1.82, 2.24) is 10.2 Å². The Kier molecular flexibility index (Phi) is 4.30. The molecule has 2 rings (SSSR count). The molecule has 1 aliphatic rings. The van der Waals surface area contributed by atoms with E-state index in [9.17, 15) is 14.4 Å². The predicted molar refractivity (Wildman–Crippen MR) is 80.9 cm³/mol. The van der Waals surface area contributed by atoms with Crippen LogP contribution in [0.4, 0.5) is 0 Å². The highest BCUT2D eigenvalue weighted by Crippen LogP contribution is 2.30. The number of hydrogen-bond acceptors (Lipinski definition) is 3. The Labute approximate surface area is 128 Å². The number of rotatable bonds is 5. The molecule has 2 N–H and O–H groups in total. The quantitative estimate of drug-likeness (QED) is 0.859. The number of carboxylic acids is 1. The smallest absolute Gasteiger partial charge is 0.326 e. The number of nitrogens with one attached hydrogen (secondary N) is 1. The van der Waals surface area contributed by atoms with Crippen molar-refractivity contribution in [3.05, 3.63) is 42.0 Å². The van der Waals surface area contributed by atoms with Crippen molar-refractivity contribution < 1.29 is 19.5 Å². The summed E-state index contributed by atoms with van der Waals surface area (Å²) in [5.74, 6) is -2.18. The van der Waals surface area contributed by atoms with Crippen LogP contribution < -0.4 is 5.32 Å². The summed E-state index contributed by atoms with van der Waals surface area (Å²) in [6.07, 6.45) is 0. The fourth-order valence-corrected chi connectivity index (χ4v) is 2.38. The third-order valence-electron chi connectivity index (χ3n) is 3.59. The maximum absolute atomic E-state index is 12.3. The summed E-state index contributed by atoms with van der Waals surface area (Å²) >= 11 is 0. The Morgan fingerprint density at radius 3 is 2.36 bits per heavy atom. The van der Waals surface area contributed by atoms with Crippen LogP contribution in [0.25, 0.3) is 5.70 Å². The minimum Gasteiger partial charge on any atom is -0.480 e. The van der Waals surface area contributed by atoms with Gasteiger partial charge in [0.05, 0.1) is 0 Å². The lowest BCUT2D eigenvalue weighted by Crippen LogP contribution is -2.47. The van der Waals surface area contributed by atoms with Gasteiger partial charge in [0.25, 0.3) is 5.91 Å². The van der Waals surface area contributed by atoms with Gasteiger partial charge in [0.1, 0.15) is 12.6 Å². The Hall–Kier alpha value is -2.63. The molecule has 0 aliphatic carbocycles. The molecule has 0 fully saturated rings. The fourth-order valence-electron chi connectivity index (χ4n) is 2.38. The normalized spacial score (nSPS) is 15.0. The molecule has 0 radical (unpaired) electrons. The molecule has 1 heterocycles. The number of carboxylic acid groups (broad SMARTS) is 1. The number of fused-ring (bicyclic) bond motifs is 1. The van der Waals surface area contributed by atoms with Crippen LogP contribution >= 0.6 is 0 Å². The van der Waals surface area contributed by atoms with E-state index in [0.29, 0.717) is 16.8 Å². The van der Waals surface area contributed by atoms with Crippen molar-refractivity contribution in [1.29, 1.82) is 0 Å². The van der Waals surface area contributed by atoms with Gasteiger partial charge in [-0.15, -0.1) is 0 Å². The van der Waals surface area contributed by atoms with E-state index in [4.69, 9.17) is 5.11 Å². The van der Waals surface area contributed by atoms with Gasteiger partial charge in [0.2, 0.25) is 5.91 Å². The van der Waals surface area contributed by atoms with E-state index in [1.54, 1.807) is 38.1 Å². The highest BCUT2D eigenvalue weighted by Gasteiger charge is 2.33. The van der Waals surface area contributed by atoms with Crippen LogP contribution in [-0.2, 0) is 9.59 Å². The van der Waals surface area contributed by atoms with Gasteiger partial charge in [0, 0.05) is 16.8 Å². The lowest BCUT2D eigenvalue weighted by Gasteiger charge is -2.21. The minimum absolute atomic E-state index is 0.247. The van der Waals surface area contributed by atoms with Gasteiger partial charge in [-0.1, -0.05) is 38.6 Å². The zero-order valence-corrected chi connectivity index (χ0v) is 12.5. The summed E-state index contributed by atoms with van der Waals surface area (Å²) in [7, 11) is 0. The molecule has 0 unspecified atom stereocenters. The van der Waals surface area contributed by atoms with Crippen molar-refractivity contribution >= 4 is 23.5 Å². The predicted octanol–water partition coefficient (Wildman–Crippen LogP) is 1.34. The standard InChI is InChI=1S/C16H18N2O4/c1-9(2)14(16(21)22)17-13(19)8-18-10(3)11-6-4-5-7-12(11)15(18)20/h4-7,9,14H,3,8H2,1-2H3,(H,17,19)(H,21,22)/t14-/m1/s1. The second kappa shape index (κ2) is 6.01. The average molecular weight is 302 g/mol. The number of nitrogens with zero attached hydrogens (tertiary/aromatic N) is 1. The van der Waals surface area contributed by atoms with Gasteiger partial charge in [-0.3, -0.25) is 14.5 Å². The SMILES string of the molecule is C=C1c2ccccc2C(=O)N1CC(=O)N[C@@H](C(=O)O)C(C)C. The topological polar surface area (TPSA) is 86.7 Å². The van der Waals surface area contributed by atoms with E-state index >= 15 is 0 Å². The van der Waals surface area contributed by atoms with Crippen molar-refractivity contribution in [2.24, 2.45) is 5.92 Å². The van der Waals surface area contributed by atoms with Crippen LogP contribution in [0.1, 0.15) is 29.8 Å². The first kappa shape index (κ1) is 15.8. The lowest BCUT2D eigenvalue weighted by atomic mass is 10.0. The average Bonchev–Trinajstić information content (AvgIpc) is 2.70. The summed E-state index contributed by atoms with van der Waals surface area (Å²) in [4.78, 5) is 36.7. The first-order chi connectivity index (χ1) is 10.3. The highest BCUT2D eigenvalue weighted by atomic mass is 16.4. The maximum Gasteiger partial charge on any atom is 0.326 e. The molecule has 22 heavy (non-hydrogen) atoms. The van der Waals surface area contributed by atoms with Crippen LogP contribution in [0.2, 0.25) is 0 Å². The molecule has 1 aromatic rings. The first-order valence-electron chi connectivity index (χ1n) is 6.95. The molecule has 0 aromatic heterocycles. The highest BCUT2D eigenvalue weighted by molar-refractivity contribution is 6.10. The Balaban J connectivity index is 2.09. The summed E-state index contributed by atoms with van der Waals surface area (Å²) < 4.78 is 0. The summed E-state index contributed by atoms with van der Waals surface area (Å²) in [6, 6.07) is 5.99. The summed E-state index contributed by atoms with van der Waals surface area (Å²) in [5, 5.41) is 11.5. The molecule has 2 amide bonds. The first-order valence-corrected chi connectivity index (χ1v) is 6.95. The Morgan fingerprint density at radius 2 is 1.86 bits per heavy atom. The van der Waals surface area contributed by atoms with E-state index in [1.807, 2.05) is 0 Å². The number of benzene rings is 1. The maximum atomic E-state index is 12.3. The van der Waals surface area contributed by atoms with Crippen LogP contribution in [0.15, 0.2) is 30.8 Å². The molecule has 0 bridgehead atoms. The van der Waals surface area contributed by atoms with E-state index < -0.39 is 17.9 Å². The largest absolute Gasteiger partial charge is 0.480 e. The Bertz CT molecular complexity index is 616. The minimum atomic E-state index is -1.10. The summed E-state index contributed by atoms with van der Waals surface area (Å²) in [5.41, 5.74) is 1.64. The Morgan fingerprint density at radius 1 is 1.27 bits per heavy atom.